The Morgan fingerprint density at radius 1 is 0.534 bits per heavy atom. The maximum Gasteiger partial charge on any atom is 3.00 e. The van der Waals surface area contributed by atoms with Crippen LogP contribution in [0.15, 0.2) is 156 Å². The largest absolute Gasteiger partial charge is 3.00 e. The molecule has 0 saturated heterocycles. The first-order chi connectivity index (χ1) is 32.7. The Kier molecular flexibility index (Phi) is 8.08. The molecule has 0 spiro atoms. The number of hydrogen-bond donors (Lipinski definition) is 0. The van der Waals surface area contributed by atoms with E-state index in [2.05, 4.69) is 38.0 Å². The van der Waals surface area contributed by atoms with E-state index in [4.69, 9.17) is 11.0 Å². The van der Waals surface area contributed by atoms with Gasteiger partial charge < -0.3 is 19.4 Å². The molecule has 5 nitrogen and oxygen atoms in total. The van der Waals surface area contributed by atoms with Crippen LogP contribution in [-0.4, -0.2) is 15.0 Å². The zero-order valence-electron chi connectivity index (χ0n) is 42.5. The molecule has 0 N–H and O–H groups in total. The van der Waals surface area contributed by atoms with Gasteiger partial charge in [0.05, 0.1) is 12.2 Å². The molecule has 0 aliphatic rings. The van der Waals surface area contributed by atoms with Crippen LogP contribution in [0.25, 0.3) is 60.6 Å². The number of rotatable bonds is 12. The molecular weight excluding hydrogens is 889 g/mol. The van der Waals surface area contributed by atoms with Crippen LogP contribution >= 0.6 is 0 Å². The molecule has 4 aromatic heterocycles. The van der Waals surface area contributed by atoms with E-state index < -0.39 is 54.9 Å². The maximum absolute atomic E-state index is 9.45. The Bertz CT molecular complexity index is 3280. The van der Waals surface area contributed by atoms with Crippen LogP contribution in [0.1, 0.15) is 49.8 Å². The molecule has 0 unspecified atom stereocenters. The van der Waals surface area contributed by atoms with E-state index in [1.54, 1.807) is 78.9 Å². The number of pyridine rings is 3. The molecule has 5 aromatic carbocycles. The SMILES string of the molecule is [2H]C([2H])(c1ccc(-c2[c-]cccc2)nc1)C([2H])([2H])c1cc(C([2H])([2H])C([2H])([2H])c2ccc(-c3[c-]cccc3)nc2)cc(C([2H])([2H])C([2H])([2H])c2ccc(-c3[c-]ccc4c3oc3cccc([N+]#[C-])c34)nc2)c1.[Ir+3]. The third-order valence-corrected chi connectivity index (χ3v) is 9.06. The summed E-state index contributed by atoms with van der Waals surface area (Å²) in [6.07, 6.45) is -14.6. The van der Waals surface area contributed by atoms with Gasteiger partial charge in [-0.2, -0.15) is 0 Å². The monoisotopic (exact) mass is 938 g/mol. The predicted octanol–water partition coefficient (Wildman–Crippen LogP) is 12.1. The number of aromatic nitrogens is 3. The van der Waals surface area contributed by atoms with Gasteiger partial charge in [0.2, 0.25) is 0 Å². The van der Waals surface area contributed by atoms with Gasteiger partial charge in [0.15, 0.2) is 5.69 Å². The van der Waals surface area contributed by atoms with Gasteiger partial charge in [-0.15, -0.1) is 90.0 Å². The second-order valence-corrected chi connectivity index (χ2v) is 12.9. The average molecular weight is 938 g/mol. The first-order valence-electron chi connectivity index (χ1n) is 23.9. The number of hydrogen-bond acceptors (Lipinski definition) is 4. The summed E-state index contributed by atoms with van der Waals surface area (Å²) in [4.78, 5) is 16.8. The van der Waals surface area contributed by atoms with Gasteiger partial charge in [0, 0.05) is 40.4 Å². The first kappa shape index (κ1) is 26.4. The summed E-state index contributed by atoms with van der Waals surface area (Å²) in [7, 11) is 0. The van der Waals surface area contributed by atoms with Crippen molar-refractivity contribution in [3.8, 4) is 33.8 Å². The molecule has 9 aromatic rings. The third kappa shape index (κ3) is 8.57. The zero-order valence-corrected chi connectivity index (χ0v) is 32.9. The zero-order chi connectivity index (χ0) is 49.1. The van der Waals surface area contributed by atoms with E-state index in [9.17, 15) is 16.4 Å². The molecule has 4 heterocycles. The molecule has 58 heavy (non-hydrogen) atoms. The van der Waals surface area contributed by atoms with Crippen molar-refractivity contribution in [2.24, 2.45) is 0 Å². The smallest absolute Gasteiger partial charge is 0.502 e. The topological polar surface area (TPSA) is 56.2 Å². The van der Waals surface area contributed by atoms with Gasteiger partial charge >= 0.3 is 20.1 Å². The minimum absolute atomic E-state index is 0. The predicted molar refractivity (Wildman–Crippen MR) is 228 cm³/mol. The van der Waals surface area contributed by atoms with Crippen molar-refractivity contribution in [3.05, 3.63) is 215 Å². The second kappa shape index (κ2) is 17.7. The molecule has 0 bridgehead atoms. The molecule has 9 rings (SSSR count). The van der Waals surface area contributed by atoms with Gasteiger partial charge in [-0.3, -0.25) is 0 Å². The number of benzene rings is 5. The Labute approximate surface area is 369 Å². The van der Waals surface area contributed by atoms with Crippen LogP contribution in [0.2, 0.25) is 0 Å². The Hall–Kier alpha value is -6.51. The minimum atomic E-state index is -3.13. The summed E-state index contributed by atoms with van der Waals surface area (Å²) in [6.45, 7) is 7.65. The van der Waals surface area contributed by atoms with E-state index in [1.807, 2.05) is 0 Å². The molecule has 0 amide bonds. The van der Waals surface area contributed by atoms with Crippen molar-refractivity contribution in [1.82, 2.24) is 15.0 Å². The summed E-state index contributed by atoms with van der Waals surface area (Å²) < 4.78 is 118. The van der Waals surface area contributed by atoms with Gasteiger partial charge in [-0.25, -0.2) is 4.85 Å². The van der Waals surface area contributed by atoms with Crippen molar-refractivity contribution in [3.63, 3.8) is 0 Å². The maximum atomic E-state index is 9.45. The molecule has 0 fully saturated rings. The van der Waals surface area contributed by atoms with Crippen molar-refractivity contribution in [2.75, 3.05) is 0 Å². The fourth-order valence-corrected chi connectivity index (χ4v) is 6.31. The van der Waals surface area contributed by atoms with E-state index in [0.717, 1.165) is 24.4 Å². The van der Waals surface area contributed by atoms with Crippen LogP contribution < -0.4 is 0 Å². The quantitative estimate of drug-likeness (QED) is 0.115. The number of furan rings is 1. The third-order valence-electron chi connectivity index (χ3n) is 9.06. The molecule has 0 aliphatic carbocycles. The average Bonchev–Trinajstić information content (AvgIpc) is 3.76. The second-order valence-electron chi connectivity index (χ2n) is 12.9. The Morgan fingerprint density at radius 2 is 1.05 bits per heavy atom. The normalized spacial score (nSPS) is 15.6. The van der Waals surface area contributed by atoms with Gasteiger partial charge in [-0.05, 0) is 94.8 Å². The van der Waals surface area contributed by atoms with Crippen molar-refractivity contribution in [2.45, 2.75) is 38.2 Å². The molecule has 0 aliphatic heterocycles. The summed E-state index contributed by atoms with van der Waals surface area (Å²) >= 11 is 0. The Morgan fingerprint density at radius 3 is 1.52 bits per heavy atom. The first-order valence-corrected chi connectivity index (χ1v) is 17.9. The fourth-order valence-electron chi connectivity index (χ4n) is 6.31. The molecule has 0 radical (unpaired) electrons. The Balaban J connectivity index is 0.00000659. The van der Waals surface area contributed by atoms with Crippen LogP contribution in [0.5, 0.6) is 0 Å². The van der Waals surface area contributed by atoms with Crippen LogP contribution in [-0.2, 0) is 58.3 Å². The van der Waals surface area contributed by atoms with E-state index in [1.165, 1.54) is 48.8 Å². The van der Waals surface area contributed by atoms with Gasteiger partial charge in [0.1, 0.15) is 5.58 Å². The van der Waals surface area contributed by atoms with E-state index >= 15 is 0 Å². The number of aryl methyl sites for hydroxylation is 6. The van der Waals surface area contributed by atoms with Crippen molar-refractivity contribution < 1.29 is 41.0 Å². The van der Waals surface area contributed by atoms with E-state index in [0.29, 0.717) is 61.4 Å². The van der Waals surface area contributed by atoms with Crippen molar-refractivity contribution in [1.29, 1.82) is 0 Å². The molecule has 0 saturated carbocycles. The van der Waals surface area contributed by atoms with E-state index in [-0.39, 0.29) is 36.8 Å². The van der Waals surface area contributed by atoms with Crippen molar-refractivity contribution >= 4 is 27.6 Å². The van der Waals surface area contributed by atoms with Gasteiger partial charge in [-0.1, -0.05) is 77.7 Å². The summed E-state index contributed by atoms with van der Waals surface area (Å²) in [5.74, 6) is 0. The fraction of sp³-hybridized carbons (Fsp3) is 0.115. The molecule has 0 atom stereocenters. The molecule has 6 heteroatoms. The standard InChI is InChI=1S/C52H37N4O.Ir/c1-53-49-16-9-17-50-51(49)45-15-8-14-44(52(45)57-50)48-29-26-38(35-56-48)20-23-41-31-39(21-18-36-24-27-46(54-33-36)42-10-4-2-5-11-42)30-40(32-41)22-19-37-25-28-47(55-34-37)43-12-6-3-7-13-43;/h2-10,12,15-17,24-35H,18-23H2;/q-3;+3/i18D2,19D2,20D2,21D2,22D2,23D2;. The summed E-state index contributed by atoms with van der Waals surface area (Å²) in [5.41, 5.74) is 1.65. The minimum Gasteiger partial charge on any atom is -0.502 e. The summed E-state index contributed by atoms with van der Waals surface area (Å²) in [5, 5.41) is 1.26. The number of nitrogens with zero attached hydrogens (tertiary/aromatic N) is 4. The molecular formula is C52H37IrN4O. The van der Waals surface area contributed by atoms with Crippen LogP contribution in [0, 0.1) is 24.8 Å². The summed E-state index contributed by atoms with van der Waals surface area (Å²) in [6, 6.07) is 43.1. The van der Waals surface area contributed by atoms with Gasteiger partial charge in [0.25, 0.3) is 0 Å². The molecule has 280 valence electrons. The van der Waals surface area contributed by atoms with Crippen LogP contribution in [0.4, 0.5) is 5.69 Å². The van der Waals surface area contributed by atoms with Crippen LogP contribution in [0.3, 0.4) is 0 Å². The number of fused-ring (bicyclic) bond motifs is 3.